The van der Waals surface area contributed by atoms with Crippen molar-refractivity contribution < 1.29 is 60.7 Å². The van der Waals surface area contributed by atoms with Gasteiger partial charge in [-0.1, -0.05) is 125 Å². The zero-order valence-electron chi connectivity index (χ0n) is 50.4. The summed E-state index contributed by atoms with van der Waals surface area (Å²) in [6.45, 7) is 7.29. The van der Waals surface area contributed by atoms with Crippen LogP contribution in [0.2, 0.25) is 0 Å². The molecule has 460 valence electrons. The summed E-state index contributed by atoms with van der Waals surface area (Å²) >= 11 is 0. The van der Waals surface area contributed by atoms with Crippen LogP contribution in [0.1, 0.15) is 189 Å². The summed E-state index contributed by atoms with van der Waals surface area (Å²) in [5.74, 6) is 4.11. The van der Waals surface area contributed by atoms with Crippen LogP contribution in [0.25, 0.3) is 0 Å². The first-order valence-electron chi connectivity index (χ1n) is 31.8. The van der Waals surface area contributed by atoms with Gasteiger partial charge in [-0.2, -0.15) is 0 Å². The average Bonchev–Trinajstić information content (AvgIpc) is 1.31. The number of phenols is 1. The molecule has 2 aliphatic carbocycles. The van der Waals surface area contributed by atoms with Crippen molar-refractivity contribution in [1.29, 1.82) is 0 Å². The number of aliphatic carboxylic acids is 2. The molecule has 13 atom stereocenters. The van der Waals surface area contributed by atoms with E-state index in [2.05, 4.69) is 47.6 Å². The summed E-state index contributed by atoms with van der Waals surface area (Å²) in [6, 6.07) is 17.1. The predicted molar refractivity (Wildman–Crippen MR) is 326 cm³/mol. The Morgan fingerprint density at radius 2 is 1.60 bits per heavy atom. The van der Waals surface area contributed by atoms with Crippen molar-refractivity contribution in [2.45, 2.75) is 248 Å². The topological polar surface area (TPSA) is 260 Å². The molecular formula is C70H98N2O12. The molecular weight excluding hydrogens is 1060 g/mol. The molecule has 12 N–H and O–H groups in total. The summed E-state index contributed by atoms with van der Waals surface area (Å²) < 4.78 is 0. The predicted octanol–water partition coefficient (Wildman–Crippen LogP) is 8.74. The summed E-state index contributed by atoms with van der Waals surface area (Å²) in [7, 11) is 0. The molecule has 3 aromatic carbocycles. The van der Waals surface area contributed by atoms with Crippen molar-refractivity contribution in [2.24, 2.45) is 22.7 Å². The summed E-state index contributed by atoms with van der Waals surface area (Å²) in [5.41, 5.74) is 2.56. The average molecular weight is 1160 g/mol. The Balaban J connectivity index is 1.45. The van der Waals surface area contributed by atoms with Crippen LogP contribution < -0.4 is 10.6 Å². The SMILES string of the molecule is CCCCC(O)C(O)C=CC1=C(CC(O)CO)C2CCC(O)C3NC(C)CCC(C(O)Cc4ccc(cc4CC4(C(=O)O)CCCCC45CCCC5)CC(C(C)(O)Cc4ccc(O)cc4)(CC#Cc4c(CC)cccc4CC1)N2)C3CC(=O)O. The van der Waals surface area contributed by atoms with E-state index in [0.29, 0.717) is 62.5 Å². The first-order chi connectivity index (χ1) is 40.2. The minimum Gasteiger partial charge on any atom is -0.508 e. The van der Waals surface area contributed by atoms with Gasteiger partial charge in [0.1, 0.15) is 5.75 Å². The number of allylic oxidation sites excluding steroid dienone is 2. The van der Waals surface area contributed by atoms with E-state index >= 15 is 0 Å². The van der Waals surface area contributed by atoms with Gasteiger partial charge >= 0.3 is 11.9 Å². The van der Waals surface area contributed by atoms with Crippen LogP contribution in [0.5, 0.6) is 5.75 Å². The Morgan fingerprint density at radius 1 is 0.869 bits per heavy atom. The molecule has 0 amide bonds. The van der Waals surface area contributed by atoms with Gasteiger partial charge in [0.25, 0.3) is 0 Å². The Labute approximate surface area is 498 Å². The number of unbranched alkanes of at least 4 members (excludes halogenated alkanes) is 1. The molecule has 14 heteroatoms. The second kappa shape index (κ2) is 28.7. The molecule has 0 aromatic heterocycles. The smallest absolute Gasteiger partial charge is 0.310 e. The summed E-state index contributed by atoms with van der Waals surface area (Å²) in [4.78, 5) is 27.4. The van der Waals surface area contributed by atoms with Crippen molar-refractivity contribution >= 4 is 11.9 Å². The van der Waals surface area contributed by atoms with E-state index in [1.54, 1.807) is 37.3 Å². The molecule has 2 saturated carbocycles. The van der Waals surface area contributed by atoms with Gasteiger partial charge in [-0.15, -0.1) is 0 Å². The fourth-order valence-corrected chi connectivity index (χ4v) is 15.9. The lowest BCUT2D eigenvalue weighted by atomic mass is 9.52. The second-order valence-electron chi connectivity index (χ2n) is 26.4. The normalized spacial score (nSPS) is 29.5. The number of aromatic hydroxyl groups is 1. The molecule has 0 radical (unpaired) electrons. The Morgan fingerprint density at radius 3 is 2.27 bits per heavy atom. The number of carbonyl (C=O) groups is 2. The van der Waals surface area contributed by atoms with E-state index in [9.17, 15) is 60.7 Å². The van der Waals surface area contributed by atoms with Crippen LogP contribution in [0.4, 0.5) is 0 Å². The maximum atomic E-state index is 14.3. The number of carboxylic acids is 2. The van der Waals surface area contributed by atoms with E-state index < -0.39 is 95.0 Å². The van der Waals surface area contributed by atoms with Crippen LogP contribution >= 0.6 is 0 Å². The third kappa shape index (κ3) is 14.9. The van der Waals surface area contributed by atoms with Gasteiger partial charge in [0, 0.05) is 36.5 Å². The highest BCUT2D eigenvalue weighted by Gasteiger charge is 2.58. The number of aliphatic hydroxyl groups excluding tert-OH is 6. The zero-order chi connectivity index (χ0) is 60.4. The molecule has 13 unspecified atom stereocenters. The monoisotopic (exact) mass is 1160 g/mol. The standard InChI is InChI=1S/C70H98N2O12/c1-5-7-17-60(76)61(77)30-25-50-24-23-49-15-12-14-48(6-2)55(49)16-13-36-70(67(4,84)41-46-20-26-53(74)27-21-46)42-47-19-22-51(52(37-47)43-69(66(82)83)35-11-10-34-68(69)32-8-9-33-68)38-63(79)56-28-18-45(3)71-65(58(56)40-64(80)81)62(78)31-29-59(72-70)57(50)39-54(75)44-73/h12,14-15,19-22,25-27,30,37,45,54,56,58-63,65,71-79,84H,5-11,17-18,23-24,28-29,31-36,38-44H2,1-4H3,(H,80,81)(H,82,83). The lowest BCUT2D eigenvalue weighted by Gasteiger charge is -2.50. The zero-order valence-corrected chi connectivity index (χ0v) is 50.4. The van der Waals surface area contributed by atoms with E-state index in [4.69, 9.17) is 0 Å². The maximum absolute atomic E-state index is 14.3. The highest BCUT2D eigenvalue weighted by atomic mass is 16.4. The van der Waals surface area contributed by atoms with Gasteiger partial charge in [0.2, 0.25) is 0 Å². The highest BCUT2D eigenvalue weighted by Crippen LogP contribution is 2.61. The third-order valence-corrected chi connectivity index (χ3v) is 20.8. The number of hydrogen-bond acceptors (Lipinski definition) is 12. The van der Waals surface area contributed by atoms with Gasteiger partial charge in [-0.3, -0.25) is 9.59 Å². The number of aryl methyl sites for hydroxylation is 2. The van der Waals surface area contributed by atoms with Gasteiger partial charge in [-0.25, -0.2) is 0 Å². The highest BCUT2D eigenvalue weighted by molar-refractivity contribution is 5.77. The van der Waals surface area contributed by atoms with E-state index in [-0.39, 0.29) is 69.6 Å². The molecule has 9 rings (SSSR count). The summed E-state index contributed by atoms with van der Waals surface area (Å²) in [5, 5.41) is 126. The largest absolute Gasteiger partial charge is 0.508 e. The van der Waals surface area contributed by atoms with Crippen LogP contribution in [0, 0.1) is 34.5 Å². The van der Waals surface area contributed by atoms with Crippen LogP contribution in [-0.2, 0) is 48.1 Å². The van der Waals surface area contributed by atoms with E-state index in [1.807, 2.05) is 38.1 Å². The van der Waals surface area contributed by atoms with Gasteiger partial charge in [0.05, 0.1) is 60.1 Å². The van der Waals surface area contributed by atoms with Gasteiger partial charge in [-0.05, 0) is 190 Å². The first-order valence-corrected chi connectivity index (χ1v) is 31.8. The molecule has 3 fully saturated rings. The molecule has 3 aromatic rings. The number of nitrogens with one attached hydrogen (secondary N) is 2. The molecule has 1 spiro atoms. The second-order valence-corrected chi connectivity index (χ2v) is 26.4. The Hall–Kier alpha value is -4.92. The lowest BCUT2D eigenvalue weighted by Crippen LogP contribution is -2.66. The van der Waals surface area contributed by atoms with Gasteiger partial charge < -0.3 is 61.7 Å². The lowest BCUT2D eigenvalue weighted by molar-refractivity contribution is -0.163. The maximum Gasteiger partial charge on any atom is 0.310 e. The van der Waals surface area contributed by atoms with Crippen LogP contribution in [0.3, 0.4) is 0 Å². The molecule has 1 saturated heterocycles. The Kier molecular flexibility index (Phi) is 22.3. The summed E-state index contributed by atoms with van der Waals surface area (Å²) in [6.07, 6.45) is 9.09. The molecule has 4 heterocycles. The number of aliphatic hydroxyl groups is 7. The number of benzene rings is 3. The van der Waals surface area contributed by atoms with Crippen molar-refractivity contribution in [2.75, 3.05) is 6.61 Å². The first kappa shape index (κ1) is 65.1. The van der Waals surface area contributed by atoms with Crippen molar-refractivity contribution in [3.8, 4) is 17.6 Å². The number of rotatable bonds is 18. The minimum atomic E-state index is -1.72. The molecule has 4 aliphatic heterocycles. The van der Waals surface area contributed by atoms with Gasteiger partial charge in [0.15, 0.2) is 0 Å². The molecule has 14 nitrogen and oxygen atoms in total. The Bertz CT molecular complexity index is 2830. The molecule has 6 aliphatic rings. The van der Waals surface area contributed by atoms with Crippen molar-refractivity contribution in [3.05, 3.63) is 123 Å². The quantitative estimate of drug-likeness (QED) is 0.0532. The van der Waals surface area contributed by atoms with E-state index in [1.165, 1.54) is 0 Å². The molecule has 84 heavy (non-hydrogen) atoms. The fourth-order valence-electron chi connectivity index (χ4n) is 15.9. The fraction of sp³-hybridized carbons (Fsp3) is 0.629. The van der Waals surface area contributed by atoms with Crippen LogP contribution in [-0.4, -0.2) is 129 Å². The van der Waals surface area contributed by atoms with Crippen molar-refractivity contribution in [1.82, 2.24) is 10.6 Å². The minimum absolute atomic E-state index is 0.0417. The van der Waals surface area contributed by atoms with Crippen LogP contribution in [0.15, 0.2) is 84.0 Å². The molecule has 6 bridgehead atoms. The number of phenolic OH excluding ortho intramolecular Hbond substituents is 1. The number of carboxylic acid groups (broad SMARTS) is 2. The van der Waals surface area contributed by atoms with Crippen molar-refractivity contribution in [3.63, 3.8) is 0 Å². The number of hydrogen-bond donors (Lipinski definition) is 12. The van der Waals surface area contributed by atoms with E-state index in [0.717, 1.165) is 90.3 Å². The third-order valence-electron chi connectivity index (χ3n) is 20.8. The number of fused-ring (bicyclic) bond motifs is 6.